The van der Waals surface area contributed by atoms with Gasteiger partial charge in [-0.15, -0.1) is 0 Å². The molecule has 0 amide bonds. The van der Waals surface area contributed by atoms with Crippen molar-refractivity contribution in [3.05, 3.63) is 52.0 Å². The minimum atomic E-state index is -3.50. The number of benzene rings is 2. The highest BCUT2D eigenvalue weighted by atomic mass is 35.5. The first-order chi connectivity index (χ1) is 12.8. The second-order valence-electron chi connectivity index (χ2n) is 6.33. The van der Waals surface area contributed by atoms with E-state index in [1.165, 1.54) is 0 Å². The average Bonchev–Trinajstić information content (AvgIpc) is 3.36. The number of nitrogens with one attached hydrogen (secondary N) is 1. The van der Waals surface area contributed by atoms with Gasteiger partial charge in [0.2, 0.25) is 0 Å². The van der Waals surface area contributed by atoms with Gasteiger partial charge in [0, 0.05) is 5.02 Å². The third-order valence-corrected chi connectivity index (χ3v) is 7.00. The van der Waals surface area contributed by atoms with Gasteiger partial charge >= 0.3 is 7.60 Å². The highest BCUT2D eigenvalue weighted by molar-refractivity contribution is 7.62. The molecule has 1 unspecified atom stereocenters. The van der Waals surface area contributed by atoms with Crippen molar-refractivity contribution in [1.82, 2.24) is 0 Å². The molecular formula is C19H22Cl2NO4P. The Labute approximate surface area is 169 Å². The Morgan fingerprint density at radius 2 is 1.78 bits per heavy atom. The van der Waals surface area contributed by atoms with E-state index in [4.69, 9.17) is 37.0 Å². The predicted molar refractivity (Wildman–Crippen MR) is 110 cm³/mol. The van der Waals surface area contributed by atoms with E-state index in [1.54, 1.807) is 38.1 Å². The summed E-state index contributed by atoms with van der Waals surface area (Å²) >= 11 is 12.3. The highest BCUT2D eigenvalue weighted by Gasteiger charge is 2.42. The van der Waals surface area contributed by atoms with Crippen molar-refractivity contribution < 1.29 is 18.3 Å². The Morgan fingerprint density at radius 3 is 2.33 bits per heavy atom. The van der Waals surface area contributed by atoms with Gasteiger partial charge in [0.25, 0.3) is 0 Å². The number of epoxide rings is 1. The summed E-state index contributed by atoms with van der Waals surface area (Å²) < 4.78 is 30.0. The molecule has 1 atom stereocenters. The smallest absolute Gasteiger partial charge is 0.363 e. The molecule has 1 aliphatic rings. The van der Waals surface area contributed by atoms with Crippen LogP contribution in [0.2, 0.25) is 10.0 Å². The second-order valence-corrected chi connectivity index (χ2v) is 9.17. The Bertz CT molecular complexity index is 876. The fourth-order valence-electron chi connectivity index (χ4n) is 2.73. The zero-order valence-corrected chi connectivity index (χ0v) is 17.8. The topological polar surface area (TPSA) is 60.1 Å². The van der Waals surface area contributed by atoms with Crippen LogP contribution in [-0.4, -0.2) is 19.8 Å². The van der Waals surface area contributed by atoms with Gasteiger partial charge in [-0.2, -0.15) is 0 Å². The van der Waals surface area contributed by atoms with Crippen LogP contribution < -0.4 is 10.6 Å². The van der Waals surface area contributed by atoms with Crippen molar-refractivity contribution in [2.75, 3.05) is 25.1 Å². The van der Waals surface area contributed by atoms with Crippen LogP contribution in [0.3, 0.4) is 0 Å². The largest absolute Gasteiger partial charge is 0.365 e. The highest BCUT2D eigenvalue weighted by Crippen LogP contribution is 2.50. The lowest BCUT2D eigenvalue weighted by Crippen LogP contribution is -2.17. The van der Waals surface area contributed by atoms with Gasteiger partial charge in [-0.25, -0.2) is 0 Å². The fourth-order valence-corrected chi connectivity index (χ4v) is 4.89. The third-order valence-electron chi connectivity index (χ3n) is 4.28. The molecule has 1 aliphatic heterocycles. The molecule has 0 saturated carbocycles. The Kier molecular flexibility index (Phi) is 6.21. The summed E-state index contributed by atoms with van der Waals surface area (Å²) in [5.74, 6) is 0. The first-order valence-electron chi connectivity index (χ1n) is 8.71. The van der Waals surface area contributed by atoms with Crippen LogP contribution in [-0.2, 0) is 24.0 Å². The number of hydrogen-bond acceptors (Lipinski definition) is 5. The van der Waals surface area contributed by atoms with Crippen LogP contribution in [0.5, 0.6) is 0 Å². The molecule has 5 nitrogen and oxygen atoms in total. The first kappa shape index (κ1) is 20.7. The van der Waals surface area contributed by atoms with Crippen LogP contribution in [0.4, 0.5) is 11.4 Å². The molecule has 8 heteroatoms. The number of anilines is 2. The molecule has 2 aromatic rings. The van der Waals surface area contributed by atoms with Crippen molar-refractivity contribution in [2.45, 2.75) is 26.4 Å². The van der Waals surface area contributed by atoms with E-state index in [2.05, 4.69) is 5.32 Å². The maximum absolute atomic E-state index is 13.4. The summed E-state index contributed by atoms with van der Waals surface area (Å²) in [6.07, 6.45) is 0. The molecule has 0 aromatic heterocycles. The fraction of sp³-hybridized carbons (Fsp3) is 0.368. The van der Waals surface area contributed by atoms with Gasteiger partial charge in [0.05, 0.1) is 41.5 Å². The van der Waals surface area contributed by atoms with E-state index in [0.717, 1.165) is 5.56 Å². The summed E-state index contributed by atoms with van der Waals surface area (Å²) in [5.41, 5.74) is 1.87. The maximum atomic E-state index is 13.4. The molecule has 0 aliphatic carbocycles. The summed E-state index contributed by atoms with van der Waals surface area (Å²) in [7, 11) is -3.50. The van der Waals surface area contributed by atoms with Gasteiger partial charge < -0.3 is 19.1 Å². The van der Waals surface area contributed by atoms with Crippen molar-refractivity contribution in [1.29, 1.82) is 0 Å². The van der Waals surface area contributed by atoms with Crippen LogP contribution >= 0.6 is 30.8 Å². The number of rotatable bonds is 8. The average molecular weight is 430 g/mol. The van der Waals surface area contributed by atoms with Crippen molar-refractivity contribution in [3.8, 4) is 0 Å². The normalized spacial score (nSPS) is 19.1. The third kappa shape index (κ3) is 4.51. The van der Waals surface area contributed by atoms with Crippen molar-refractivity contribution in [3.63, 3.8) is 0 Å². The number of hydrogen-bond donors (Lipinski definition) is 1. The second kappa shape index (κ2) is 8.12. The molecular weight excluding hydrogens is 408 g/mol. The molecule has 1 saturated heterocycles. The molecule has 146 valence electrons. The lowest BCUT2D eigenvalue weighted by Gasteiger charge is -2.22. The van der Waals surface area contributed by atoms with Crippen LogP contribution in [0, 0.1) is 0 Å². The van der Waals surface area contributed by atoms with Gasteiger partial charge in [0.1, 0.15) is 5.60 Å². The summed E-state index contributed by atoms with van der Waals surface area (Å²) in [5, 5.41) is 4.69. The van der Waals surface area contributed by atoms with Crippen molar-refractivity contribution >= 4 is 47.5 Å². The first-order valence-corrected chi connectivity index (χ1v) is 11.0. The van der Waals surface area contributed by atoms with Crippen LogP contribution in [0.25, 0.3) is 0 Å². The SMILES string of the molecule is CCOP(=O)(OCC)c1ccc(C2(C)CO2)cc1Nc1ccc(Cl)cc1Cl. The molecule has 1 heterocycles. The minimum absolute atomic E-state index is 0.265. The lowest BCUT2D eigenvalue weighted by molar-refractivity contribution is 0.230. The van der Waals surface area contributed by atoms with Gasteiger partial charge in [-0.3, -0.25) is 4.57 Å². The Hall–Kier alpha value is -1.07. The van der Waals surface area contributed by atoms with Gasteiger partial charge in [-0.1, -0.05) is 29.3 Å². The zero-order valence-electron chi connectivity index (χ0n) is 15.4. The van der Waals surface area contributed by atoms with E-state index in [-0.39, 0.29) is 18.8 Å². The van der Waals surface area contributed by atoms with Crippen LogP contribution in [0.1, 0.15) is 26.3 Å². The van der Waals surface area contributed by atoms with E-state index in [9.17, 15) is 4.57 Å². The van der Waals surface area contributed by atoms with E-state index in [0.29, 0.717) is 33.3 Å². The monoisotopic (exact) mass is 429 g/mol. The zero-order chi connectivity index (χ0) is 19.7. The van der Waals surface area contributed by atoms with Crippen molar-refractivity contribution in [2.24, 2.45) is 0 Å². The molecule has 0 bridgehead atoms. The number of ether oxygens (including phenoxy) is 1. The molecule has 27 heavy (non-hydrogen) atoms. The predicted octanol–water partition coefficient (Wildman–Crippen LogP) is 5.87. The molecule has 0 spiro atoms. The van der Waals surface area contributed by atoms with E-state index < -0.39 is 7.60 Å². The summed E-state index contributed by atoms with van der Waals surface area (Å²) in [6.45, 7) is 6.74. The lowest BCUT2D eigenvalue weighted by atomic mass is 10.0. The molecule has 1 N–H and O–H groups in total. The molecule has 0 radical (unpaired) electrons. The van der Waals surface area contributed by atoms with Gasteiger partial charge in [0.15, 0.2) is 0 Å². The van der Waals surface area contributed by atoms with E-state index >= 15 is 0 Å². The molecule has 2 aromatic carbocycles. The molecule has 1 fully saturated rings. The summed E-state index contributed by atoms with van der Waals surface area (Å²) in [6, 6.07) is 10.7. The maximum Gasteiger partial charge on any atom is 0.363 e. The Morgan fingerprint density at radius 1 is 1.11 bits per heavy atom. The molecule has 3 rings (SSSR count). The quantitative estimate of drug-likeness (QED) is 0.419. The number of halogens is 2. The van der Waals surface area contributed by atoms with Gasteiger partial charge in [-0.05, 0) is 56.7 Å². The summed E-state index contributed by atoms with van der Waals surface area (Å²) in [4.78, 5) is 0. The minimum Gasteiger partial charge on any atom is -0.365 e. The van der Waals surface area contributed by atoms with Crippen LogP contribution in [0.15, 0.2) is 36.4 Å². The van der Waals surface area contributed by atoms with E-state index in [1.807, 2.05) is 19.1 Å². The Balaban J connectivity index is 2.08. The standard InChI is InChI=1S/C19H22Cl2NO4P/c1-4-25-27(23,26-5-2)18-9-6-13(19(3)12-24-19)10-17(18)22-16-8-7-14(20)11-15(16)21/h6-11,22H,4-5,12H2,1-3H3.